The fraction of sp³-hybridized carbons (Fsp3) is 0.158. The van der Waals surface area contributed by atoms with Crippen LogP contribution >= 0.6 is 0 Å². The van der Waals surface area contributed by atoms with Gasteiger partial charge in [-0.15, -0.1) is 0 Å². The highest BCUT2D eigenvalue weighted by atomic mass is 32.2. The zero-order chi connectivity index (χ0) is 20.1. The average molecular weight is 404 g/mol. The van der Waals surface area contributed by atoms with Gasteiger partial charge in [-0.1, -0.05) is 30.3 Å². The Morgan fingerprint density at radius 1 is 1.14 bits per heavy atom. The first-order chi connectivity index (χ1) is 13.4. The van der Waals surface area contributed by atoms with Crippen LogP contribution in [0.5, 0.6) is 0 Å². The SMILES string of the molecule is CN(CC(=O)OCc1ncc(-c2ccccc2)o1)S(=O)(=O)c1ccc(F)cc1. The van der Waals surface area contributed by atoms with Gasteiger partial charge in [-0.2, -0.15) is 4.31 Å². The van der Waals surface area contributed by atoms with E-state index < -0.39 is 28.4 Å². The van der Waals surface area contributed by atoms with Crippen molar-refractivity contribution in [3.8, 4) is 11.3 Å². The van der Waals surface area contributed by atoms with Crippen molar-refractivity contribution in [1.82, 2.24) is 9.29 Å². The lowest BCUT2D eigenvalue weighted by Crippen LogP contribution is -2.33. The number of esters is 1. The number of sulfonamides is 1. The number of carbonyl (C=O) groups is 1. The summed E-state index contributed by atoms with van der Waals surface area (Å²) in [4.78, 5) is 15.9. The van der Waals surface area contributed by atoms with E-state index in [0.717, 1.165) is 34.1 Å². The highest BCUT2D eigenvalue weighted by molar-refractivity contribution is 7.89. The van der Waals surface area contributed by atoms with E-state index in [4.69, 9.17) is 9.15 Å². The Hall–Kier alpha value is -3.04. The first kappa shape index (κ1) is 19.7. The van der Waals surface area contributed by atoms with Gasteiger partial charge >= 0.3 is 5.97 Å². The molecule has 1 aromatic heterocycles. The predicted octanol–water partition coefficient (Wildman–Crippen LogP) is 2.84. The van der Waals surface area contributed by atoms with Crippen molar-refractivity contribution in [3.05, 3.63) is 72.5 Å². The van der Waals surface area contributed by atoms with Crippen LogP contribution in [0.2, 0.25) is 0 Å². The van der Waals surface area contributed by atoms with E-state index >= 15 is 0 Å². The van der Waals surface area contributed by atoms with Gasteiger partial charge < -0.3 is 9.15 Å². The number of likely N-dealkylation sites (N-methyl/N-ethyl adjacent to an activating group) is 1. The van der Waals surface area contributed by atoms with Gasteiger partial charge in [-0.05, 0) is 24.3 Å². The molecule has 1 heterocycles. The Balaban J connectivity index is 1.57. The highest BCUT2D eigenvalue weighted by Gasteiger charge is 2.24. The molecule has 0 bridgehead atoms. The molecule has 0 radical (unpaired) electrons. The second-order valence-electron chi connectivity index (χ2n) is 5.86. The zero-order valence-electron chi connectivity index (χ0n) is 14.9. The smallest absolute Gasteiger partial charge is 0.321 e. The van der Waals surface area contributed by atoms with Crippen LogP contribution < -0.4 is 0 Å². The van der Waals surface area contributed by atoms with Crippen molar-refractivity contribution in [2.45, 2.75) is 11.5 Å². The second kappa shape index (κ2) is 8.32. The van der Waals surface area contributed by atoms with Crippen molar-refractivity contribution in [2.24, 2.45) is 0 Å². The number of rotatable bonds is 7. The summed E-state index contributed by atoms with van der Waals surface area (Å²) in [5, 5.41) is 0. The van der Waals surface area contributed by atoms with E-state index in [1.807, 2.05) is 30.3 Å². The molecule has 7 nitrogen and oxygen atoms in total. The molecule has 0 N–H and O–H groups in total. The van der Waals surface area contributed by atoms with Crippen LogP contribution in [0.3, 0.4) is 0 Å². The first-order valence-corrected chi connectivity index (χ1v) is 9.68. The van der Waals surface area contributed by atoms with Crippen molar-refractivity contribution in [2.75, 3.05) is 13.6 Å². The van der Waals surface area contributed by atoms with Crippen LogP contribution in [0.15, 0.2) is 70.1 Å². The van der Waals surface area contributed by atoms with Gasteiger partial charge in [0.15, 0.2) is 12.4 Å². The van der Waals surface area contributed by atoms with Crippen LogP contribution in [0, 0.1) is 5.82 Å². The molecule has 0 fully saturated rings. The maximum atomic E-state index is 13.0. The molecule has 0 aliphatic rings. The number of oxazole rings is 1. The number of hydrogen-bond donors (Lipinski definition) is 0. The summed E-state index contributed by atoms with van der Waals surface area (Å²) in [6.07, 6.45) is 1.52. The molecule has 9 heteroatoms. The van der Waals surface area contributed by atoms with Crippen LogP contribution in [0.1, 0.15) is 5.89 Å². The minimum absolute atomic E-state index is 0.121. The highest BCUT2D eigenvalue weighted by Crippen LogP contribution is 2.20. The molecule has 0 atom stereocenters. The Morgan fingerprint density at radius 2 is 1.82 bits per heavy atom. The normalized spacial score (nSPS) is 11.5. The van der Waals surface area contributed by atoms with Crippen molar-refractivity contribution in [1.29, 1.82) is 0 Å². The Labute approximate surface area is 161 Å². The van der Waals surface area contributed by atoms with Gasteiger partial charge in [0.1, 0.15) is 12.4 Å². The molecular formula is C19H17FN2O5S. The Morgan fingerprint density at radius 3 is 2.50 bits per heavy atom. The molecule has 0 saturated carbocycles. The molecular weight excluding hydrogens is 387 g/mol. The largest absolute Gasteiger partial charge is 0.455 e. The molecule has 3 aromatic rings. The van der Waals surface area contributed by atoms with Gasteiger partial charge in [0.25, 0.3) is 0 Å². The summed E-state index contributed by atoms with van der Waals surface area (Å²) in [5.74, 6) is -0.603. The van der Waals surface area contributed by atoms with E-state index in [-0.39, 0.29) is 17.4 Å². The van der Waals surface area contributed by atoms with Crippen molar-refractivity contribution in [3.63, 3.8) is 0 Å². The molecule has 0 aliphatic heterocycles. The van der Waals surface area contributed by atoms with Crippen molar-refractivity contribution >= 4 is 16.0 Å². The molecule has 0 unspecified atom stereocenters. The van der Waals surface area contributed by atoms with Crippen LogP contribution in [0.25, 0.3) is 11.3 Å². The summed E-state index contributed by atoms with van der Waals surface area (Å²) in [5.41, 5.74) is 0.831. The third kappa shape index (κ3) is 4.62. The molecule has 28 heavy (non-hydrogen) atoms. The minimum Gasteiger partial charge on any atom is -0.455 e. The number of ether oxygens (including phenoxy) is 1. The van der Waals surface area contributed by atoms with Gasteiger partial charge in [0, 0.05) is 12.6 Å². The monoisotopic (exact) mass is 404 g/mol. The molecule has 0 aliphatic carbocycles. The summed E-state index contributed by atoms with van der Waals surface area (Å²) >= 11 is 0. The van der Waals surface area contributed by atoms with Crippen molar-refractivity contribution < 1.29 is 26.8 Å². The second-order valence-corrected chi connectivity index (χ2v) is 7.90. The minimum atomic E-state index is -3.94. The Bertz CT molecular complexity index is 1050. The maximum absolute atomic E-state index is 13.0. The number of halogens is 1. The molecule has 3 rings (SSSR count). The van der Waals surface area contributed by atoms with E-state index in [1.165, 1.54) is 13.2 Å². The molecule has 146 valence electrons. The number of carbonyl (C=O) groups excluding carboxylic acids is 1. The molecule has 0 spiro atoms. The fourth-order valence-corrected chi connectivity index (χ4v) is 3.47. The number of nitrogens with zero attached hydrogens (tertiary/aromatic N) is 2. The summed E-state index contributed by atoms with van der Waals surface area (Å²) in [6, 6.07) is 13.6. The number of benzene rings is 2. The van der Waals surface area contributed by atoms with Gasteiger partial charge in [0.2, 0.25) is 15.9 Å². The Kier molecular flexibility index (Phi) is 5.86. The van der Waals surface area contributed by atoms with Crippen LogP contribution in [-0.2, 0) is 26.2 Å². The lowest BCUT2D eigenvalue weighted by molar-refractivity contribution is -0.145. The van der Waals surface area contributed by atoms with E-state index in [9.17, 15) is 17.6 Å². The third-order valence-corrected chi connectivity index (χ3v) is 5.66. The lowest BCUT2D eigenvalue weighted by Gasteiger charge is -2.16. The predicted molar refractivity (Wildman–Crippen MR) is 98.0 cm³/mol. The number of aromatic nitrogens is 1. The molecule has 2 aromatic carbocycles. The van der Waals surface area contributed by atoms with E-state index in [0.29, 0.717) is 5.76 Å². The first-order valence-electron chi connectivity index (χ1n) is 8.24. The van der Waals surface area contributed by atoms with Crippen LogP contribution in [0.4, 0.5) is 4.39 Å². The quantitative estimate of drug-likeness (QED) is 0.563. The third-order valence-electron chi connectivity index (χ3n) is 3.84. The molecule has 0 saturated heterocycles. The average Bonchev–Trinajstić information content (AvgIpc) is 3.16. The standard InChI is InChI=1S/C19H17FN2O5S/c1-22(28(24,25)16-9-7-15(20)8-10-16)12-19(23)26-13-18-21-11-17(27-18)14-5-3-2-4-6-14/h2-11H,12-13H2,1H3. The fourth-order valence-electron chi connectivity index (χ4n) is 2.35. The van der Waals surface area contributed by atoms with Gasteiger partial charge in [0.05, 0.1) is 11.1 Å². The summed E-state index contributed by atoms with van der Waals surface area (Å²) in [7, 11) is -2.70. The summed E-state index contributed by atoms with van der Waals surface area (Å²) < 4.78 is 49.1. The number of hydrogen-bond acceptors (Lipinski definition) is 6. The van der Waals surface area contributed by atoms with Gasteiger partial charge in [-0.25, -0.2) is 17.8 Å². The van der Waals surface area contributed by atoms with E-state index in [1.54, 1.807) is 0 Å². The molecule has 0 amide bonds. The topological polar surface area (TPSA) is 89.7 Å². The lowest BCUT2D eigenvalue weighted by atomic mass is 10.2. The maximum Gasteiger partial charge on any atom is 0.321 e. The van der Waals surface area contributed by atoms with Crippen LogP contribution in [-0.4, -0.2) is 37.3 Å². The van der Waals surface area contributed by atoms with Gasteiger partial charge in [-0.3, -0.25) is 4.79 Å². The zero-order valence-corrected chi connectivity index (χ0v) is 15.7. The summed E-state index contributed by atoms with van der Waals surface area (Å²) in [6.45, 7) is -0.734. The van der Waals surface area contributed by atoms with E-state index in [2.05, 4.69) is 4.98 Å².